The van der Waals surface area contributed by atoms with E-state index in [1.807, 2.05) is 12.3 Å². The molecule has 2 N–H and O–H groups in total. The molecule has 1 fully saturated rings. The van der Waals surface area contributed by atoms with Gasteiger partial charge in [-0.2, -0.15) is 0 Å². The van der Waals surface area contributed by atoms with E-state index in [4.69, 9.17) is 26.8 Å². The number of rotatable bonds is 2. The van der Waals surface area contributed by atoms with E-state index in [1.165, 1.54) is 28.0 Å². The Morgan fingerprint density at radius 1 is 1.00 bits per heavy atom. The molecule has 0 unspecified atom stereocenters. The van der Waals surface area contributed by atoms with Gasteiger partial charge in [0.2, 0.25) is 0 Å². The lowest BCUT2D eigenvalue weighted by Crippen LogP contribution is -2.27. The van der Waals surface area contributed by atoms with Crippen molar-refractivity contribution in [3.05, 3.63) is 81.7 Å². The topological polar surface area (TPSA) is 90.7 Å². The lowest BCUT2D eigenvalue weighted by atomic mass is 9.89. The minimum atomic E-state index is -1.26. The summed E-state index contributed by atoms with van der Waals surface area (Å²) in [5.74, 6) is -2.51. The second-order valence-electron chi connectivity index (χ2n) is 7.60. The van der Waals surface area contributed by atoms with Gasteiger partial charge in [-0.1, -0.05) is 29.3 Å². The summed E-state index contributed by atoms with van der Waals surface area (Å²) in [5.41, 5.74) is 8.17. The highest BCUT2D eigenvalue weighted by Crippen LogP contribution is 2.38. The SMILES string of the molecule is CN1CCC(=C2c3ccc(Cl)cc3CCc3cccnc32)CC1.O=C(O)/C=C/C(=O)O. The lowest BCUT2D eigenvalue weighted by molar-refractivity contribution is -0.134. The molecular formula is C24H25ClN2O4. The number of hydrogen-bond acceptors (Lipinski definition) is 4. The Morgan fingerprint density at radius 2 is 1.65 bits per heavy atom. The van der Waals surface area contributed by atoms with Gasteiger partial charge in [-0.15, -0.1) is 0 Å². The second-order valence-corrected chi connectivity index (χ2v) is 8.04. The molecule has 0 amide bonds. The van der Waals surface area contributed by atoms with Crippen LogP contribution in [-0.2, 0) is 22.4 Å². The van der Waals surface area contributed by atoms with Crippen LogP contribution >= 0.6 is 11.6 Å². The van der Waals surface area contributed by atoms with E-state index in [2.05, 4.69) is 36.2 Å². The number of halogens is 1. The van der Waals surface area contributed by atoms with E-state index in [0.717, 1.165) is 43.8 Å². The first-order chi connectivity index (χ1) is 14.8. The predicted octanol–water partition coefficient (Wildman–Crippen LogP) is 4.07. The number of hydrogen-bond donors (Lipinski definition) is 2. The third-order valence-corrected chi connectivity index (χ3v) is 5.68. The molecule has 31 heavy (non-hydrogen) atoms. The Balaban J connectivity index is 0.000000293. The third kappa shape index (κ3) is 6.03. The summed E-state index contributed by atoms with van der Waals surface area (Å²) in [6, 6.07) is 10.6. The number of piperidine rings is 1. The molecule has 2 heterocycles. The predicted molar refractivity (Wildman–Crippen MR) is 120 cm³/mol. The number of fused-ring (bicyclic) bond motifs is 2. The van der Waals surface area contributed by atoms with E-state index in [-0.39, 0.29) is 0 Å². The molecule has 0 saturated carbocycles. The molecule has 6 nitrogen and oxygen atoms in total. The zero-order chi connectivity index (χ0) is 22.4. The van der Waals surface area contributed by atoms with Crippen LogP contribution in [0.25, 0.3) is 5.57 Å². The first-order valence-electron chi connectivity index (χ1n) is 10.1. The Morgan fingerprint density at radius 3 is 2.29 bits per heavy atom. The highest BCUT2D eigenvalue weighted by molar-refractivity contribution is 6.30. The van der Waals surface area contributed by atoms with Gasteiger partial charge in [0, 0.05) is 42.0 Å². The number of nitrogens with zero attached hydrogens (tertiary/aromatic N) is 2. The van der Waals surface area contributed by atoms with E-state index >= 15 is 0 Å². The van der Waals surface area contributed by atoms with E-state index in [0.29, 0.717) is 12.2 Å². The minimum Gasteiger partial charge on any atom is -0.478 e. The molecular weight excluding hydrogens is 416 g/mol. The quantitative estimate of drug-likeness (QED) is 0.684. The molecule has 0 bridgehead atoms. The maximum atomic E-state index is 9.55. The van der Waals surface area contributed by atoms with Gasteiger partial charge in [0.15, 0.2) is 0 Å². The summed E-state index contributed by atoms with van der Waals surface area (Å²) >= 11 is 6.26. The molecule has 0 radical (unpaired) electrons. The number of benzene rings is 1. The van der Waals surface area contributed by atoms with Crippen LogP contribution in [0.5, 0.6) is 0 Å². The first-order valence-corrected chi connectivity index (χ1v) is 10.5. The van der Waals surface area contributed by atoms with Gasteiger partial charge >= 0.3 is 11.9 Å². The first kappa shape index (κ1) is 22.7. The largest absolute Gasteiger partial charge is 0.478 e. The van der Waals surface area contributed by atoms with Crippen molar-refractivity contribution in [2.24, 2.45) is 0 Å². The zero-order valence-corrected chi connectivity index (χ0v) is 18.1. The van der Waals surface area contributed by atoms with Gasteiger partial charge in [-0.3, -0.25) is 4.98 Å². The monoisotopic (exact) mass is 440 g/mol. The highest BCUT2D eigenvalue weighted by atomic mass is 35.5. The second kappa shape index (κ2) is 10.4. The molecule has 0 spiro atoms. The summed E-state index contributed by atoms with van der Waals surface area (Å²) in [5, 5.41) is 16.5. The number of aryl methyl sites for hydroxylation is 2. The highest BCUT2D eigenvalue weighted by Gasteiger charge is 2.24. The van der Waals surface area contributed by atoms with Crippen LogP contribution in [0.3, 0.4) is 0 Å². The summed E-state index contributed by atoms with van der Waals surface area (Å²) in [7, 11) is 2.20. The van der Waals surface area contributed by atoms with Crippen LogP contribution in [0.15, 0.2) is 54.3 Å². The minimum absolute atomic E-state index is 0.558. The van der Waals surface area contributed by atoms with Crippen molar-refractivity contribution in [2.75, 3.05) is 20.1 Å². The Kier molecular flexibility index (Phi) is 7.60. The number of carboxylic acid groups (broad SMARTS) is 2. The zero-order valence-electron chi connectivity index (χ0n) is 17.3. The van der Waals surface area contributed by atoms with Gasteiger partial charge < -0.3 is 15.1 Å². The van der Waals surface area contributed by atoms with Crippen LogP contribution in [-0.4, -0.2) is 52.2 Å². The summed E-state index contributed by atoms with van der Waals surface area (Å²) in [6.45, 7) is 2.26. The normalized spacial score (nSPS) is 16.1. The molecule has 1 aliphatic heterocycles. The van der Waals surface area contributed by atoms with Gasteiger partial charge in [0.25, 0.3) is 0 Å². The van der Waals surface area contributed by atoms with E-state index < -0.39 is 11.9 Å². The third-order valence-electron chi connectivity index (χ3n) is 5.44. The number of likely N-dealkylation sites (tertiary alicyclic amines) is 1. The van der Waals surface area contributed by atoms with Crippen molar-refractivity contribution in [1.82, 2.24) is 9.88 Å². The smallest absolute Gasteiger partial charge is 0.328 e. The number of pyridine rings is 1. The molecule has 7 heteroatoms. The van der Waals surface area contributed by atoms with Crippen molar-refractivity contribution in [3.8, 4) is 0 Å². The van der Waals surface area contributed by atoms with Crippen molar-refractivity contribution >= 4 is 29.1 Å². The fourth-order valence-electron chi connectivity index (χ4n) is 3.91. The summed E-state index contributed by atoms with van der Waals surface area (Å²) < 4.78 is 0. The van der Waals surface area contributed by atoms with Crippen molar-refractivity contribution in [1.29, 1.82) is 0 Å². The summed E-state index contributed by atoms with van der Waals surface area (Å²) in [4.78, 5) is 26.3. The van der Waals surface area contributed by atoms with Crippen LogP contribution in [0.4, 0.5) is 0 Å². The lowest BCUT2D eigenvalue weighted by Gasteiger charge is -2.27. The number of carbonyl (C=O) groups is 2. The molecule has 162 valence electrons. The number of aromatic nitrogens is 1. The number of aliphatic carboxylic acids is 2. The molecule has 1 aromatic heterocycles. The van der Waals surface area contributed by atoms with Crippen LogP contribution in [0.1, 0.15) is 35.2 Å². The maximum Gasteiger partial charge on any atom is 0.328 e. The van der Waals surface area contributed by atoms with E-state index in [1.54, 1.807) is 5.57 Å². The van der Waals surface area contributed by atoms with Crippen LogP contribution < -0.4 is 0 Å². The molecule has 1 aliphatic carbocycles. The summed E-state index contributed by atoms with van der Waals surface area (Å²) in [6.07, 6.45) is 7.37. The average Bonchev–Trinajstić information content (AvgIpc) is 2.90. The van der Waals surface area contributed by atoms with Crippen molar-refractivity contribution < 1.29 is 19.8 Å². The van der Waals surface area contributed by atoms with Crippen molar-refractivity contribution in [2.45, 2.75) is 25.7 Å². The standard InChI is InChI=1S/C20H21ClN2.C4H4O4/c1-23-11-8-14(9-12-23)19-18-7-6-17(21)13-16(18)5-4-15-3-2-10-22-20(15)19;5-3(6)1-2-4(7)8/h2-3,6-7,10,13H,4-5,8-9,11-12H2,1H3;1-2H,(H,5,6)(H,7,8)/b;2-1+. The Labute approximate surface area is 186 Å². The van der Waals surface area contributed by atoms with Crippen LogP contribution in [0, 0.1) is 0 Å². The average molecular weight is 441 g/mol. The molecule has 1 aromatic carbocycles. The van der Waals surface area contributed by atoms with Gasteiger partial charge in [-0.05, 0) is 67.6 Å². The fourth-order valence-corrected chi connectivity index (χ4v) is 4.11. The number of carboxylic acids is 2. The van der Waals surface area contributed by atoms with Gasteiger partial charge in [-0.25, -0.2) is 9.59 Å². The maximum absolute atomic E-state index is 9.55. The van der Waals surface area contributed by atoms with Crippen molar-refractivity contribution in [3.63, 3.8) is 0 Å². The molecule has 0 atom stereocenters. The Bertz CT molecular complexity index is 1020. The molecule has 1 saturated heterocycles. The fraction of sp³-hybridized carbons (Fsp3) is 0.292. The van der Waals surface area contributed by atoms with Crippen LogP contribution in [0.2, 0.25) is 5.02 Å². The van der Waals surface area contributed by atoms with E-state index in [9.17, 15) is 9.59 Å². The molecule has 4 rings (SSSR count). The van der Waals surface area contributed by atoms with Gasteiger partial charge in [0.1, 0.15) is 0 Å². The Hall–Kier alpha value is -2.96. The van der Waals surface area contributed by atoms with Gasteiger partial charge in [0.05, 0.1) is 5.69 Å². The molecule has 2 aliphatic rings. The molecule has 2 aromatic rings.